The van der Waals surface area contributed by atoms with Crippen molar-refractivity contribution in [3.63, 3.8) is 0 Å². The number of amides is 1. The molecule has 1 atom stereocenters. The van der Waals surface area contributed by atoms with Crippen molar-refractivity contribution in [2.45, 2.75) is 52.1 Å². The highest BCUT2D eigenvalue weighted by Gasteiger charge is 2.24. The lowest BCUT2D eigenvalue weighted by molar-refractivity contribution is -0.118. The Morgan fingerprint density at radius 1 is 1.30 bits per heavy atom. The number of nitrogens with one attached hydrogen (secondary N) is 1. The van der Waals surface area contributed by atoms with Crippen LogP contribution >= 0.6 is 0 Å². The topological polar surface area (TPSA) is 64.1 Å². The van der Waals surface area contributed by atoms with Crippen LogP contribution in [0.1, 0.15) is 42.6 Å². The number of aryl methyl sites for hydroxylation is 2. The summed E-state index contributed by atoms with van der Waals surface area (Å²) in [6.07, 6.45) is 8.82. The quantitative estimate of drug-likeness (QED) is 0.900. The second-order valence-electron chi connectivity index (χ2n) is 7.40. The SMILES string of the molecule is Cc1cnc(C)c(-c2ccc3c(c2)CC(CNC(=O)C2=CCCCC2)O3)n1. The van der Waals surface area contributed by atoms with Crippen LogP contribution in [-0.4, -0.2) is 28.5 Å². The van der Waals surface area contributed by atoms with Crippen molar-refractivity contribution >= 4 is 5.91 Å². The molecule has 0 radical (unpaired) electrons. The molecule has 5 heteroatoms. The molecule has 2 heterocycles. The lowest BCUT2D eigenvalue weighted by Crippen LogP contribution is -2.35. The molecular weight excluding hydrogens is 338 g/mol. The number of fused-ring (bicyclic) bond motifs is 1. The summed E-state index contributed by atoms with van der Waals surface area (Å²) < 4.78 is 6.02. The molecule has 27 heavy (non-hydrogen) atoms. The maximum Gasteiger partial charge on any atom is 0.247 e. The lowest BCUT2D eigenvalue weighted by Gasteiger charge is -2.15. The van der Waals surface area contributed by atoms with Gasteiger partial charge in [-0.25, -0.2) is 4.98 Å². The van der Waals surface area contributed by atoms with Crippen LogP contribution in [0.5, 0.6) is 5.75 Å². The van der Waals surface area contributed by atoms with Crippen molar-refractivity contribution in [1.82, 2.24) is 15.3 Å². The molecule has 2 aromatic rings. The molecule has 5 nitrogen and oxygen atoms in total. The summed E-state index contributed by atoms with van der Waals surface area (Å²) in [5, 5.41) is 3.04. The van der Waals surface area contributed by atoms with E-state index in [-0.39, 0.29) is 12.0 Å². The molecule has 4 rings (SSSR count). The highest BCUT2D eigenvalue weighted by molar-refractivity contribution is 5.93. The van der Waals surface area contributed by atoms with Crippen molar-refractivity contribution in [3.8, 4) is 17.0 Å². The van der Waals surface area contributed by atoms with Crippen molar-refractivity contribution < 1.29 is 9.53 Å². The predicted octanol–water partition coefficient (Wildman–Crippen LogP) is 3.68. The second kappa shape index (κ2) is 7.51. The summed E-state index contributed by atoms with van der Waals surface area (Å²) in [4.78, 5) is 21.3. The van der Waals surface area contributed by atoms with Gasteiger partial charge in [0.05, 0.1) is 23.6 Å². The third-order valence-corrected chi connectivity index (χ3v) is 5.22. The zero-order valence-electron chi connectivity index (χ0n) is 15.9. The number of aromatic nitrogens is 2. The second-order valence-corrected chi connectivity index (χ2v) is 7.40. The van der Waals surface area contributed by atoms with E-state index in [0.29, 0.717) is 6.54 Å². The summed E-state index contributed by atoms with van der Waals surface area (Å²) in [5.41, 5.74) is 5.88. The van der Waals surface area contributed by atoms with Gasteiger partial charge in [0.25, 0.3) is 0 Å². The zero-order chi connectivity index (χ0) is 18.8. The third kappa shape index (κ3) is 3.87. The Kier molecular flexibility index (Phi) is 4.92. The van der Waals surface area contributed by atoms with Gasteiger partial charge in [0.15, 0.2) is 0 Å². The van der Waals surface area contributed by atoms with Gasteiger partial charge in [-0.2, -0.15) is 0 Å². The minimum atomic E-state index is -0.0203. The molecule has 1 aliphatic heterocycles. The van der Waals surface area contributed by atoms with Gasteiger partial charge < -0.3 is 10.1 Å². The summed E-state index contributed by atoms with van der Waals surface area (Å²) in [7, 11) is 0. The van der Waals surface area contributed by atoms with Crippen LogP contribution in [0.2, 0.25) is 0 Å². The van der Waals surface area contributed by atoms with Gasteiger partial charge >= 0.3 is 0 Å². The fourth-order valence-corrected chi connectivity index (χ4v) is 3.76. The van der Waals surface area contributed by atoms with E-state index in [1.807, 2.05) is 26.0 Å². The van der Waals surface area contributed by atoms with Gasteiger partial charge in [-0.05, 0) is 63.3 Å². The molecular formula is C22H25N3O2. The molecule has 1 aromatic heterocycles. The van der Waals surface area contributed by atoms with Gasteiger partial charge in [0, 0.05) is 23.8 Å². The standard InChI is InChI=1S/C22H25N3O2/c1-14-12-23-15(2)21(25-14)17-8-9-20-18(10-17)11-19(27-20)13-24-22(26)16-6-4-3-5-7-16/h6,8-10,12,19H,3-5,7,11,13H2,1-2H3,(H,24,26). The third-order valence-electron chi connectivity index (χ3n) is 5.22. The summed E-state index contributed by atoms with van der Waals surface area (Å²) in [6, 6.07) is 6.17. The zero-order valence-corrected chi connectivity index (χ0v) is 15.9. The van der Waals surface area contributed by atoms with Crippen molar-refractivity contribution in [3.05, 3.63) is 53.0 Å². The molecule has 0 saturated carbocycles. The molecule has 1 aromatic carbocycles. The van der Waals surface area contributed by atoms with Crippen LogP contribution in [0.3, 0.4) is 0 Å². The van der Waals surface area contributed by atoms with E-state index in [1.165, 1.54) is 6.42 Å². The summed E-state index contributed by atoms with van der Waals surface area (Å²) in [5.74, 6) is 0.953. The van der Waals surface area contributed by atoms with Crippen LogP contribution < -0.4 is 10.1 Å². The van der Waals surface area contributed by atoms with Gasteiger partial charge in [-0.15, -0.1) is 0 Å². The number of nitrogens with zero attached hydrogens (tertiary/aromatic N) is 2. The van der Waals surface area contributed by atoms with E-state index in [0.717, 1.165) is 65.2 Å². The molecule has 2 aliphatic rings. The first kappa shape index (κ1) is 17.7. The minimum absolute atomic E-state index is 0.0203. The summed E-state index contributed by atoms with van der Waals surface area (Å²) in [6.45, 7) is 4.46. The van der Waals surface area contributed by atoms with Crippen LogP contribution in [-0.2, 0) is 11.2 Å². The van der Waals surface area contributed by atoms with Gasteiger partial charge in [-0.1, -0.05) is 6.08 Å². The molecule has 0 saturated heterocycles. The minimum Gasteiger partial charge on any atom is -0.488 e. The van der Waals surface area contributed by atoms with Crippen molar-refractivity contribution in [2.24, 2.45) is 0 Å². The molecule has 0 bridgehead atoms. The van der Waals surface area contributed by atoms with Gasteiger partial charge in [0.2, 0.25) is 5.91 Å². The Labute approximate surface area is 159 Å². The van der Waals surface area contributed by atoms with Crippen LogP contribution in [0.4, 0.5) is 0 Å². The maximum atomic E-state index is 12.3. The number of benzene rings is 1. The summed E-state index contributed by atoms with van der Waals surface area (Å²) >= 11 is 0. The Morgan fingerprint density at radius 3 is 3.00 bits per heavy atom. The average molecular weight is 363 g/mol. The Morgan fingerprint density at radius 2 is 2.19 bits per heavy atom. The first-order valence-electron chi connectivity index (χ1n) is 9.67. The van der Waals surface area contributed by atoms with E-state index < -0.39 is 0 Å². The number of carbonyl (C=O) groups excluding carboxylic acids is 1. The van der Waals surface area contributed by atoms with E-state index in [4.69, 9.17) is 4.74 Å². The van der Waals surface area contributed by atoms with E-state index in [2.05, 4.69) is 27.4 Å². The van der Waals surface area contributed by atoms with Gasteiger partial charge in [0.1, 0.15) is 11.9 Å². The molecule has 1 unspecified atom stereocenters. The first-order valence-corrected chi connectivity index (χ1v) is 9.67. The smallest absolute Gasteiger partial charge is 0.247 e. The number of carbonyl (C=O) groups is 1. The molecule has 1 N–H and O–H groups in total. The fourth-order valence-electron chi connectivity index (χ4n) is 3.76. The van der Waals surface area contributed by atoms with Crippen LogP contribution in [0, 0.1) is 13.8 Å². The largest absolute Gasteiger partial charge is 0.488 e. The number of rotatable bonds is 4. The van der Waals surface area contributed by atoms with E-state index in [9.17, 15) is 4.79 Å². The van der Waals surface area contributed by atoms with Gasteiger partial charge in [-0.3, -0.25) is 9.78 Å². The monoisotopic (exact) mass is 363 g/mol. The number of hydrogen-bond donors (Lipinski definition) is 1. The van der Waals surface area contributed by atoms with E-state index in [1.54, 1.807) is 6.20 Å². The molecule has 0 fully saturated rings. The Balaban J connectivity index is 1.42. The van der Waals surface area contributed by atoms with Crippen molar-refractivity contribution in [1.29, 1.82) is 0 Å². The average Bonchev–Trinajstić information content (AvgIpc) is 3.10. The maximum absolute atomic E-state index is 12.3. The van der Waals surface area contributed by atoms with E-state index >= 15 is 0 Å². The highest BCUT2D eigenvalue weighted by atomic mass is 16.5. The lowest BCUT2D eigenvalue weighted by atomic mass is 9.99. The number of ether oxygens (including phenoxy) is 1. The van der Waals surface area contributed by atoms with Crippen LogP contribution in [0.15, 0.2) is 36.0 Å². The number of hydrogen-bond acceptors (Lipinski definition) is 4. The molecule has 140 valence electrons. The molecule has 1 amide bonds. The first-order chi connectivity index (χ1) is 13.1. The predicted molar refractivity (Wildman–Crippen MR) is 105 cm³/mol. The van der Waals surface area contributed by atoms with Crippen molar-refractivity contribution in [2.75, 3.05) is 6.54 Å². The Hall–Kier alpha value is -2.69. The normalized spacial score (nSPS) is 18.4. The molecule has 1 aliphatic carbocycles. The number of allylic oxidation sites excluding steroid dienone is 1. The Bertz CT molecular complexity index is 904. The van der Waals surface area contributed by atoms with Crippen LogP contribution in [0.25, 0.3) is 11.3 Å². The highest BCUT2D eigenvalue weighted by Crippen LogP contribution is 2.33. The molecule has 0 spiro atoms. The fraction of sp³-hybridized carbons (Fsp3) is 0.409.